The zero-order valence-corrected chi connectivity index (χ0v) is 27.8. The second-order valence-corrected chi connectivity index (χ2v) is 13.6. The SMILES string of the molecule is Cc1cc(CCC(=O)OCCOCCOCCOC(C)(O)CCc2cc(C)c(O)c(C(C)(C)C)c2)cc(C(C)(C)C)c1O. The molecule has 8 nitrogen and oxygen atoms in total. The van der Waals surface area contributed by atoms with E-state index >= 15 is 0 Å². The van der Waals surface area contributed by atoms with Crippen molar-refractivity contribution in [3.8, 4) is 11.5 Å². The van der Waals surface area contributed by atoms with E-state index < -0.39 is 5.79 Å². The van der Waals surface area contributed by atoms with Crippen molar-refractivity contribution in [3.63, 3.8) is 0 Å². The number of phenolic OH excluding ortho intramolecular Hbond substituents is 2. The van der Waals surface area contributed by atoms with Crippen LogP contribution in [0.5, 0.6) is 11.5 Å². The number of aryl methyl sites for hydroxylation is 4. The predicted molar refractivity (Wildman–Crippen MR) is 169 cm³/mol. The zero-order chi connectivity index (χ0) is 32.4. The summed E-state index contributed by atoms with van der Waals surface area (Å²) in [4.78, 5) is 12.2. The van der Waals surface area contributed by atoms with Crippen molar-refractivity contribution in [2.75, 3.05) is 39.6 Å². The molecule has 0 aliphatic carbocycles. The number of carbonyl (C=O) groups excluding carboxylic acids is 1. The van der Waals surface area contributed by atoms with Crippen molar-refractivity contribution in [3.05, 3.63) is 57.6 Å². The molecule has 43 heavy (non-hydrogen) atoms. The summed E-state index contributed by atoms with van der Waals surface area (Å²) in [5.41, 5.74) is 5.08. The Hall–Kier alpha value is -2.65. The molecule has 2 rings (SSSR count). The van der Waals surface area contributed by atoms with Gasteiger partial charge in [-0.05, 0) is 77.8 Å². The number of phenols is 2. The summed E-state index contributed by atoms with van der Waals surface area (Å²) in [6, 6.07) is 7.83. The molecule has 8 heteroatoms. The minimum atomic E-state index is -1.30. The molecule has 2 aromatic carbocycles. The molecule has 0 spiro atoms. The summed E-state index contributed by atoms with van der Waals surface area (Å²) in [6.07, 6.45) is 1.83. The summed E-state index contributed by atoms with van der Waals surface area (Å²) >= 11 is 0. The fourth-order valence-corrected chi connectivity index (χ4v) is 4.76. The maximum absolute atomic E-state index is 12.2. The summed E-state index contributed by atoms with van der Waals surface area (Å²) in [5.74, 6) is -0.950. The van der Waals surface area contributed by atoms with Crippen molar-refractivity contribution in [2.24, 2.45) is 0 Å². The fraction of sp³-hybridized carbons (Fsp3) is 0.629. The maximum Gasteiger partial charge on any atom is 0.306 e. The summed E-state index contributed by atoms with van der Waals surface area (Å²) in [6.45, 7) is 19.5. The molecule has 0 saturated heterocycles. The topological polar surface area (TPSA) is 115 Å². The zero-order valence-electron chi connectivity index (χ0n) is 27.8. The van der Waals surface area contributed by atoms with Crippen LogP contribution in [-0.2, 0) is 47.4 Å². The van der Waals surface area contributed by atoms with Crippen LogP contribution in [0.4, 0.5) is 0 Å². The van der Waals surface area contributed by atoms with Gasteiger partial charge in [-0.2, -0.15) is 0 Å². The average molecular weight is 603 g/mol. The highest BCUT2D eigenvalue weighted by Gasteiger charge is 2.24. The third-order valence-corrected chi connectivity index (χ3v) is 7.34. The number of benzene rings is 2. The van der Waals surface area contributed by atoms with E-state index in [1.54, 1.807) is 6.92 Å². The van der Waals surface area contributed by atoms with Gasteiger partial charge in [0.15, 0.2) is 5.79 Å². The highest BCUT2D eigenvalue weighted by molar-refractivity contribution is 5.69. The Morgan fingerprint density at radius 2 is 1.12 bits per heavy atom. The lowest BCUT2D eigenvalue weighted by Crippen LogP contribution is -2.30. The van der Waals surface area contributed by atoms with Crippen molar-refractivity contribution >= 4 is 5.97 Å². The monoisotopic (exact) mass is 602 g/mol. The van der Waals surface area contributed by atoms with Gasteiger partial charge in [-0.1, -0.05) is 65.8 Å². The first-order chi connectivity index (χ1) is 19.9. The smallest absolute Gasteiger partial charge is 0.306 e. The molecule has 242 valence electrons. The van der Waals surface area contributed by atoms with E-state index in [1.165, 1.54) is 0 Å². The van der Waals surface area contributed by atoms with Gasteiger partial charge >= 0.3 is 5.97 Å². The molecule has 1 atom stereocenters. The van der Waals surface area contributed by atoms with Crippen LogP contribution in [0.1, 0.15) is 94.7 Å². The molecule has 0 aromatic heterocycles. The first-order valence-corrected chi connectivity index (χ1v) is 15.2. The summed E-state index contributed by atoms with van der Waals surface area (Å²) in [5, 5.41) is 31.4. The maximum atomic E-state index is 12.2. The van der Waals surface area contributed by atoms with Crippen LogP contribution in [0, 0.1) is 13.8 Å². The largest absolute Gasteiger partial charge is 0.507 e. The number of aromatic hydroxyl groups is 2. The quantitative estimate of drug-likeness (QED) is 0.119. The Bertz CT molecular complexity index is 1190. The Morgan fingerprint density at radius 1 is 0.674 bits per heavy atom. The normalized spacial score (nSPS) is 13.6. The van der Waals surface area contributed by atoms with Gasteiger partial charge in [0.25, 0.3) is 0 Å². The summed E-state index contributed by atoms with van der Waals surface area (Å²) < 4.78 is 21.9. The van der Waals surface area contributed by atoms with Crippen molar-refractivity contribution in [1.29, 1.82) is 0 Å². The number of hydrogen-bond donors (Lipinski definition) is 3. The van der Waals surface area contributed by atoms with Crippen molar-refractivity contribution < 1.29 is 39.1 Å². The molecule has 0 fully saturated rings. The van der Waals surface area contributed by atoms with Gasteiger partial charge in [-0.15, -0.1) is 0 Å². The molecular weight excluding hydrogens is 548 g/mol. The van der Waals surface area contributed by atoms with Gasteiger partial charge in [-0.25, -0.2) is 0 Å². The van der Waals surface area contributed by atoms with Crippen LogP contribution < -0.4 is 0 Å². The molecule has 0 bridgehead atoms. The van der Waals surface area contributed by atoms with E-state index in [4.69, 9.17) is 18.9 Å². The Balaban J connectivity index is 1.57. The molecule has 0 saturated carbocycles. The fourth-order valence-electron chi connectivity index (χ4n) is 4.76. The number of carbonyl (C=O) groups is 1. The molecule has 3 N–H and O–H groups in total. The number of hydrogen-bond acceptors (Lipinski definition) is 8. The average Bonchev–Trinajstić information content (AvgIpc) is 2.89. The van der Waals surface area contributed by atoms with Crippen molar-refractivity contribution in [2.45, 2.75) is 105 Å². The van der Waals surface area contributed by atoms with Gasteiger partial charge < -0.3 is 34.3 Å². The van der Waals surface area contributed by atoms with Crippen LogP contribution in [-0.4, -0.2) is 66.7 Å². The van der Waals surface area contributed by atoms with Crippen LogP contribution >= 0.6 is 0 Å². The number of aliphatic hydroxyl groups is 1. The van der Waals surface area contributed by atoms with Crippen LogP contribution in [0.2, 0.25) is 0 Å². The van der Waals surface area contributed by atoms with E-state index in [2.05, 4.69) is 20.8 Å². The highest BCUT2D eigenvalue weighted by Crippen LogP contribution is 2.35. The van der Waals surface area contributed by atoms with Gasteiger partial charge in [-0.3, -0.25) is 4.79 Å². The predicted octanol–water partition coefficient (Wildman–Crippen LogP) is 6.18. The Morgan fingerprint density at radius 3 is 1.60 bits per heavy atom. The van der Waals surface area contributed by atoms with Crippen LogP contribution in [0.15, 0.2) is 24.3 Å². The van der Waals surface area contributed by atoms with E-state index in [-0.39, 0.29) is 43.0 Å². The molecule has 0 radical (unpaired) electrons. The number of rotatable bonds is 16. The number of esters is 1. The van der Waals surface area contributed by atoms with E-state index in [9.17, 15) is 20.1 Å². The van der Waals surface area contributed by atoms with Gasteiger partial charge in [0, 0.05) is 12.8 Å². The second kappa shape index (κ2) is 15.9. The third kappa shape index (κ3) is 12.5. The van der Waals surface area contributed by atoms with Gasteiger partial charge in [0.1, 0.15) is 18.1 Å². The third-order valence-electron chi connectivity index (χ3n) is 7.34. The summed E-state index contributed by atoms with van der Waals surface area (Å²) in [7, 11) is 0. The molecule has 0 amide bonds. The lowest BCUT2D eigenvalue weighted by molar-refractivity contribution is -0.200. The minimum Gasteiger partial charge on any atom is -0.507 e. The standard InChI is InChI=1S/C35H54O8/c1-24-20-26(22-28(31(24)37)33(3,4)5)10-11-30(36)42-18-16-40-14-15-41-17-19-43-35(9,39)13-12-27-21-25(2)32(38)29(23-27)34(6,7)8/h20-23,37-39H,10-19H2,1-9H3. The first kappa shape index (κ1) is 36.5. The van der Waals surface area contributed by atoms with Crippen LogP contribution in [0.25, 0.3) is 0 Å². The lowest BCUT2D eigenvalue weighted by atomic mass is 9.83. The van der Waals surface area contributed by atoms with E-state index in [0.717, 1.165) is 33.4 Å². The van der Waals surface area contributed by atoms with Gasteiger partial charge in [0.2, 0.25) is 0 Å². The molecule has 2 aromatic rings. The molecule has 0 heterocycles. The van der Waals surface area contributed by atoms with Crippen molar-refractivity contribution in [1.82, 2.24) is 0 Å². The number of ether oxygens (including phenoxy) is 4. The molecule has 1 unspecified atom stereocenters. The van der Waals surface area contributed by atoms with Gasteiger partial charge in [0.05, 0.1) is 33.0 Å². The highest BCUT2D eigenvalue weighted by atomic mass is 16.6. The first-order valence-electron chi connectivity index (χ1n) is 15.2. The molecular formula is C35H54O8. The lowest BCUT2D eigenvalue weighted by Gasteiger charge is -2.25. The van der Waals surface area contributed by atoms with E-state index in [1.807, 2.05) is 58.9 Å². The van der Waals surface area contributed by atoms with Crippen LogP contribution in [0.3, 0.4) is 0 Å². The molecule has 0 aliphatic heterocycles. The second-order valence-electron chi connectivity index (χ2n) is 13.6. The Labute approximate surface area is 258 Å². The molecule has 0 aliphatic rings. The van der Waals surface area contributed by atoms with E-state index in [0.29, 0.717) is 50.6 Å². The minimum absolute atomic E-state index is 0.171. The Kier molecular flexibility index (Phi) is 13.5.